The van der Waals surface area contributed by atoms with Crippen molar-refractivity contribution in [3.05, 3.63) is 35.9 Å². The minimum absolute atomic E-state index is 0.00604. The molecular formula is C19H28O3. The number of unbranched alkanes of at least 4 members (excludes halogenated alkanes) is 6. The molecule has 0 fully saturated rings. The van der Waals surface area contributed by atoms with E-state index in [1.807, 2.05) is 18.2 Å². The molecule has 0 radical (unpaired) electrons. The Labute approximate surface area is 134 Å². The van der Waals surface area contributed by atoms with Crippen LogP contribution in [-0.4, -0.2) is 18.4 Å². The summed E-state index contributed by atoms with van der Waals surface area (Å²) in [5.41, 5.74) is 0.655. The molecule has 0 unspecified atom stereocenters. The fourth-order valence-electron chi connectivity index (χ4n) is 2.30. The monoisotopic (exact) mass is 304 g/mol. The number of ether oxygens (including phenoxy) is 1. The van der Waals surface area contributed by atoms with Crippen molar-refractivity contribution in [1.82, 2.24) is 0 Å². The fourth-order valence-corrected chi connectivity index (χ4v) is 2.30. The van der Waals surface area contributed by atoms with E-state index in [0.717, 1.165) is 12.8 Å². The van der Waals surface area contributed by atoms with Gasteiger partial charge in [-0.1, -0.05) is 75.8 Å². The summed E-state index contributed by atoms with van der Waals surface area (Å²) >= 11 is 0. The first kappa shape index (κ1) is 18.4. The van der Waals surface area contributed by atoms with Crippen LogP contribution in [0.4, 0.5) is 0 Å². The molecule has 0 N–H and O–H groups in total. The summed E-state index contributed by atoms with van der Waals surface area (Å²) in [5.74, 6) is -0.274. The highest BCUT2D eigenvalue weighted by atomic mass is 16.5. The SMILES string of the molecule is CCCCCCCCCOC(=O)CCC(=O)c1ccccc1. The van der Waals surface area contributed by atoms with Crippen LogP contribution in [-0.2, 0) is 9.53 Å². The van der Waals surface area contributed by atoms with Crippen molar-refractivity contribution in [2.24, 2.45) is 0 Å². The highest BCUT2D eigenvalue weighted by Crippen LogP contribution is 2.08. The van der Waals surface area contributed by atoms with Gasteiger partial charge in [0, 0.05) is 12.0 Å². The maximum absolute atomic E-state index is 11.8. The largest absolute Gasteiger partial charge is 0.466 e. The Hall–Kier alpha value is -1.64. The van der Waals surface area contributed by atoms with Crippen LogP contribution in [0.3, 0.4) is 0 Å². The zero-order chi connectivity index (χ0) is 16.0. The lowest BCUT2D eigenvalue weighted by atomic mass is 10.1. The van der Waals surface area contributed by atoms with Crippen LogP contribution >= 0.6 is 0 Å². The van der Waals surface area contributed by atoms with Gasteiger partial charge in [0.2, 0.25) is 0 Å². The van der Waals surface area contributed by atoms with E-state index in [9.17, 15) is 9.59 Å². The van der Waals surface area contributed by atoms with E-state index >= 15 is 0 Å². The molecule has 0 aromatic heterocycles. The minimum atomic E-state index is -0.268. The first-order valence-corrected chi connectivity index (χ1v) is 8.48. The Kier molecular flexibility index (Phi) is 10.0. The summed E-state index contributed by atoms with van der Waals surface area (Å²) in [5, 5.41) is 0. The second-order valence-corrected chi connectivity index (χ2v) is 5.63. The van der Waals surface area contributed by atoms with Crippen LogP contribution in [0.1, 0.15) is 75.1 Å². The number of esters is 1. The Morgan fingerprint density at radius 1 is 0.864 bits per heavy atom. The Bertz CT molecular complexity index is 426. The molecule has 0 saturated heterocycles. The number of hydrogen-bond donors (Lipinski definition) is 0. The zero-order valence-corrected chi connectivity index (χ0v) is 13.7. The smallest absolute Gasteiger partial charge is 0.306 e. The average Bonchev–Trinajstić information content (AvgIpc) is 2.56. The molecule has 22 heavy (non-hydrogen) atoms. The van der Waals surface area contributed by atoms with Crippen LogP contribution in [0.2, 0.25) is 0 Å². The van der Waals surface area contributed by atoms with E-state index in [4.69, 9.17) is 4.74 Å². The molecule has 0 aliphatic heterocycles. The summed E-state index contributed by atoms with van der Waals surface area (Å²) in [6, 6.07) is 9.06. The molecule has 1 aromatic rings. The van der Waals surface area contributed by atoms with Crippen LogP contribution in [0, 0.1) is 0 Å². The quantitative estimate of drug-likeness (QED) is 0.312. The topological polar surface area (TPSA) is 43.4 Å². The van der Waals surface area contributed by atoms with Gasteiger partial charge in [0.05, 0.1) is 13.0 Å². The van der Waals surface area contributed by atoms with Crippen molar-refractivity contribution in [3.8, 4) is 0 Å². The molecule has 1 aromatic carbocycles. The predicted molar refractivity (Wildman–Crippen MR) is 89.0 cm³/mol. The summed E-state index contributed by atoms with van der Waals surface area (Å²) in [6.07, 6.45) is 8.79. The second kappa shape index (κ2) is 12.0. The molecular weight excluding hydrogens is 276 g/mol. The summed E-state index contributed by atoms with van der Waals surface area (Å²) in [6.45, 7) is 2.69. The molecule has 0 bridgehead atoms. The standard InChI is InChI=1S/C19H28O3/c1-2-3-4-5-6-7-11-16-22-19(21)15-14-18(20)17-12-9-8-10-13-17/h8-10,12-13H,2-7,11,14-16H2,1H3. The lowest BCUT2D eigenvalue weighted by molar-refractivity contribution is -0.143. The van der Waals surface area contributed by atoms with E-state index in [2.05, 4.69) is 6.92 Å². The van der Waals surface area contributed by atoms with Gasteiger partial charge in [-0.15, -0.1) is 0 Å². The van der Waals surface area contributed by atoms with Crippen LogP contribution in [0.5, 0.6) is 0 Å². The Morgan fingerprint density at radius 2 is 1.50 bits per heavy atom. The third-order valence-corrected chi connectivity index (χ3v) is 3.66. The third kappa shape index (κ3) is 8.60. The van der Waals surface area contributed by atoms with Crippen molar-refractivity contribution in [1.29, 1.82) is 0 Å². The number of rotatable bonds is 12. The molecule has 0 aliphatic carbocycles. The molecule has 0 atom stereocenters. The second-order valence-electron chi connectivity index (χ2n) is 5.63. The van der Waals surface area contributed by atoms with Gasteiger partial charge in [-0.2, -0.15) is 0 Å². The molecule has 3 heteroatoms. The number of hydrogen-bond acceptors (Lipinski definition) is 3. The van der Waals surface area contributed by atoms with Crippen molar-refractivity contribution in [3.63, 3.8) is 0 Å². The van der Waals surface area contributed by atoms with Gasteiger partial charge in [-0.25, -0.2) is 0 Å². The average molecular weight is 304 g/mol. The molecule has 0 saturated carbocycles. The summed E-state index contributed by atoms with van der Waals surface area (Å²) in [7, 11) is 0. The maximum Gasteiger partial charge on any atom is 0.306 e. The van der Waals surface area contributed by atoms with Gasteiger partial charge in [-0.3, -0.25) is 9.59 Å². The minimum Gasteiger partial charge on any atom is -0.466 e. The lowest BCUT2D eigenvalue weighted by Crippen LogP contribution is -2.09. The van der Waals surface area contributed by atoms with E-state index < -0.39 is 0 Å². The van der Waals surface area contributed by atoms with Crippen LogP contribution < -0.4 is 0 Å². The van der Waals surface area contributed by atoms with Crippen LogP contribution in [0.25, 0.3) is 0 Å². The predicted octanol–water partition coefficient (Wildman–Crippen LogP) is 4.94. The highest BCUT2D eigenvalue weighted by Gasteiger charge is 2.09. The zero-order valence-electron chi connectivity index (χ0n) is 13.7. The molecule has 0 aliphatic rings. The summed E-state index contributed by atoms with van der Waals surface area (Å²) in [4.78, 5) is 23.4. The van der Waals surface area contributed by atoms with Crippen molar-refractivity contribution >= 4 is 11.8 Å². The van der Waals surface area contributed by atoms with Crippen molar-refractivity contribution in [2.45, 2.75) is 64.7 Å². The number of Topliss-reactive ketones (excluding diaryl/α,β-unsaturated/α-hetero) is 1. The van der Waals surface area contributed by atoms with E-state index in [1.165, 1.54) is 32.1 Å². The molecule has 122 valence electrons. The maximum atomic E-state index is 11.8. The summed E-state index contributed by atoms with van der Waals surface area (Å²) < 4.78 is 5.16. The third-order valence-electron chi connectivity index (χ3n) is 3.66. The molecule has 0 spiro atoms. The first-order valence-electron chi connectivity index (χ1n) is 8.48. The number of benzene rings is 1. The number of ketones is 1. The lowest BCUT2D eigenvalue weighted by Gasteiger charge is -2.05. The molecule has 3 nitrogen and oxygen atoms in total. The van der Waals surface area contributed by atoms with E-state index in [1.54, 1.807) is 12.1 Å². The normalized spacial score (nSPS) is 10.4. The molecule has 0 heterocycles. The Morgan fingerprint density at radius 3 is 2.18 bits per heavy atom. The number of carbonyl (C=O) groups excluding carboxylic acids is 2. The van der Waals surface area contributed by atoms with Crippen LogP contribution in [0.15, 0.2) is 30.3 Å². The first-order chi connectivity index (χ1) is 10.7. The van der Waals surface area contributed by atoms with E-state index in [-0.39, 0.29) is 24.6 Å². The fraction of sp³-hybridized carbons (Fsp3) is 0.579. The van der Waals surface area contributed by atoms with Gasteiger partial charge in [-0.05, 0) is 6.42 Å². The van der Waals surface area contributed by atoms with Gasteiger partial charge in [0.1, 0.15) is 0 Å². The number of carbonyl (C=O) groups is 2. The van der Waals surface area contributed by atoms with Gasteiger partial charge in [0.25, 0.3) is 0 Å². The van der Waals surface area contributed by atoms with Crippen molar-refractivity contribution < 1.29 is 14.3 Å². The van der Waals surface area contributed by atoms with Gasteiger partial charge in [0.15, 0.2) is 5.78 Å². The highest BCUT2D eigenvalue weighted by molar-refractivity contribution is 5.97. The van der Waals surface area contributed by atoms with Gasteiger partial charge >= 0.3 is 5.97 Å². The Balaban J connectivity index is 2.01. The van der Waals surface area contributed by atoms with Gasteiger partial charge < -0.3 is 4.74 Å². The van der Waals surface area contributed by atoms with E-state index in [0.29, 0.717) is 12.2 Å². The molecule has 1 rings (SSSR count). The van der Waals surface area contributed by atoms with Crippen molar-refractivity contribution in [2.75, 3.05) is 6.61 Å². The molecule has 0 amide bonds.